The van der Waals surface area contributed by atoms with Crippen molar-refractivity contribution in [1.82, 2.24) is 14.9 Å². The third-order valence-electron chi connectivity index (χ3n) is 4.79. The second-order valence-corrected chi connectivity index (χ2v) is 7.04. The highest BCUT2D eigenvalue weighted by Crippen LogP contribution is 2.32. The number of hydrogen-bond acceptors (Lipinski definition) is 2. The van der Waals surface area contributed by atoms with Crippen molar-refractivity contribution in [2.45, 2.75) is 18.8 Å². The van der Waals surface area contributed by atoms with Crippen LogP contribution in [0.3, 0.4) is 0 Å². The number of rotatable bonds is 2. The van der Waals surface area contributed by atoms with Gasteiger partial charge in [-0.05, 0) is 64.5 Å². The molecular formula is C19H18BrN3O. The highest BCUT2D eigenvalue weighted by molar-refractivity contribution is 9.10. The van der Waals surface area contributed by atoms with Crippen molar-refractivity contribution in [1.29, 1.82) is 0 Å². The summed E-state index contributed by atoms with van der Waals surface area (Å²) in [4.78, 5) is 22.5. The number of likely N-dealkylation sites (tertiary alicyclic amines) is 1. The van der Waals surface area contributed by atoms with Gasteiger partial charge in [0.2, 0.25) is 0 Å². The van der Waals surface area contributed by atoms with E-state index in [-0.39, 0.29) is 5.91 Å². The molecule has 5 heteroatoms. The lowest BCUT2D eigenvalue weighted by Gasteiger charge is -2.32. The molecule has 1 fully saturated rings. The summed E-state index contributed by atoms with van der Waals surface area (Å²) >= 11 is 3.47. The molecule has 0 radical (unpaired) electrons. The van der Waals surface area contributed by atoms with Gasteiger partial charge in [0.05, 0.1) is 16.6 Å². The van der Waals surface area contributed by atoms with Crippen molar-refractivity contribution in [3.8, 4) is 0 Å². The van der Waals surface area contributed by atoms with Crippen LogP contribution in [0.2, 0.25) is 0 Å². The summed E-state index contributed by atoms with van der Waals surface area (Å²) in [5.74, 6) is 0.565. The summed E-state index contributed by atoms with van der Waals surface area (Å²) in [5, 5.41) is 0. The van der Waals surface area contributed by atoms with Crippen LogP contribution in [-0.4, -0.2) is 33.9 Å². The third kappa shape index (κ3) is 2.73. The van der Waals surface area contributed by atoms with E-state index in [1.165, 1.54) is 5.56 Å². The number of nitrogens with one attached hydrogen (secondary N) is 1. The Morgan fingerprint density at radius 1 is 1.17 bits per heavy atom. The van der Waals surface area contributed by atoms with Crippen LogP contribution in [0.15, 0.2) is 53.3 Å². The van der Waals surface area contributed by atoms with Gasteiger partial charge in [-0.15, -0.1) is 0 Å². The van der Waals surface area contributed by atoms with Crippen molar-refractivity contribution in [3.63, 3.8) is 0 Å². The lowest BCUT2D eigenvalue weighted by Crippen LogP contribution is -2.38. The number of nitrogens with zero attached hydrogens (tertiary/aromatic N) is 2. The summed E-state index contributed by atoms with van der Waals surface area (Å²) in [6.45, 7) is 1.56. The number of hydrogen-bond donors (Lipinski definition) is 1. The first-order valence-electron chi connectivity index (χ1n) is 8.20. The topological polar surface area (TPSA) is 49.0 Å². The van der Waals surface area contributed by atoms with Crippen molar-refractivity contribution in [2.24, 2.45) is 0 Å². The number of H-pyrrole nitrogens is 1. The number of aromatic amines is 1. The molecule has 0 atom stereocenters. The minimum atomic E-state index is 0.109. The van der Waals surface area contributed by atoms with Crippen molar-refractivity contribution < 1.29 is 4.79 Å². The zero-order chi connectivity index (χ0) is 16.5. The van der Waals surface area contributed by atoms with Gasteiger partial charge in [0.15, 0.2) is 0 Å². The Balaban J connectivity index is 1.49. The molecule has 122 valence electrons. The number of fused-ring (bicyclic) bond motifs is 1. The largest absolute Gasteiger partial charge is 0.360 e. The smallest absolute Gasteiger partial charge is 0.254 e. The van der Waals surface area contributed by atoms with Gasteiger partial charge in [0.1, 0.15) is 0 Å². The van der Waals surface area contributed by atoms with Crippen LogP contribution in [0.1, 0.15) is 34.7 Å². The van der Waals surface area contributed by atoms with Crippen molar-refractivity contribution in [3.05, 3.63) is 64.4 Å². The first-order valence-corrected chi connectivity index (χ1v) is 8.99. The number of amides is 1. The van der Waals surface area contributed by atoms with E-state index >= 15 is 0 Å². The molecule has 0 spiro atoms. The zero-order valence-electron chi connectivity index (χ0n) is 13.2. The Morgan fingerprint density at radius 2 is 1.96 bits per heavy atom. The van der Waals surface area contributed by atoms with E-state index in [1.54, 1.807) is 0 Å². The number of benzene rings is 1. The molecule has 24 heavy (non-hydrogen) atoms. The fourth-order valence-electron chi connectivity index (χ4n) is 3.49. The molecule has 3 aromatic rings. The van der Waals surface area contributed by atoms with E-state index < -0.39 is 0 Å². The predicted octanol–water partition coefficient (Wildman–Crippen LogP) is 4.35. The van der Waals surface area contributed by atoms with Gasteiger partial charge >= 0.3 is 0 Å². The summed E-state index contributed by atoms with van der Waals surface area (Å²) < 4.78 is 0.859. The van der Waals surface area contributed by atoms with Crippen LogP contribution in [0.4, 0.5) is 0 Å². The van der Waals surface area contributed by atoms with Gasteiger partial charge in [0.25, 0.3) is 5.91 Å². The molecule has 1 aliphatic rings. The van der Waals surface area contributed by atoms with Crippen LogP contribution in [0.5, 0.6) is 0 Å². The highest BCUT2D eigenvalue weighted by Gasteiger charge is 2.27. The Hall–Kier alpha value is -2.14. The fourth-order valence-corrected chi connectivity index (χ4v) is 3.94. The van der Waals surface area contributed by atoms with Crippen LogP contribution < -0.4 is 0 Å². The van der Waals surface area contributed by atoms with Gasteiger partial charge in [-0.3, -0.25) is 9.78 Å². The van der Waals surface area contributed by atoms with E-state index in [0.717, 1.165) is 47.0 Å². The van der Waals surface area contributed by atoms with Crippen LogP contribution >= 0.6 is 15.9 Å². The molecule has 0 saturated carbocycles. The standard InChI is InChI=1S/C19H18BrN3O/c20-16-5-2-1-4-14(16)19(24)23-10-7-13(8-11-23)15-12-22-17-6-3-9-21-18(15)17/h1-6,9,12-13,22H,7-8,10-11H2. The minimum Gasteiger partial charge on any atom is -0.360 e. The Bertz CT molecular complexity index is 881. The molecule has 1 aromatic carbocycles. The van der Waals surface area contributed by atoms with Crippen LogP contribution in [0, 0.1) is 0 Å². The number of halogens is 1. The first kappa shape index (κ1) is 15.4. The molecule has 0 unspecified atom stereocenters. The maximum absolute atomic E-state index is 12.7. The Kier molecular flexibility index (Phi) is 4.10. The summed E-state index contributed by atoms with van der Waals surface area (Å²) in [5.41, 5.74) is 4.16. The second kappa shape index (κ2) is 6.40. The van der Waals surface area contributed by atoms with Crippen molar-refractivity contribution >= 4 is 32.9 Å². The first-order chi connectivity index (χ1) is 11.7. The number of piperidine rings is 1. The monoisotopic (exact) mass is 383 g/mol. The summed E-state index contributed by atoms with van der Waals surface area (Å²) in [7, 11) is 0. The van der Waals surface area contributed by atoms with Gasteiger partial charge in [-0.2, -0.15) is 0 Å². The zero-order valence-corrected chi connectivity index (χ0v) is 14.8. The second-order valence-electron chi connectivity index (χ2n) is 6.19. The quantitative estimate of drug-likeness (QED) is 0.715. The Labute approximate surface area is 149 Å². The normalized spacial score (nSPS) is 15.8. The fraction of sp³-hybridized carbons (Fsp3) is 0.263. The number of pyridine rings is 1. The van der Waals surface area contributed by atoms with E-state index in [0.29, 0.717) is 5.92 Å². The molecular weight excluding hydrogens is 366 g/mol. The molecule has 3 heterocycles. The van der Waals surface area contributed by atoms with Gasteiger partial charge < -0.3 is 9.88 Å². The molecule has 2 aromatic heterocycles. The molecule has 0 bridgehead atoms. The van der Waals surface area contributed by atoms with Gasteiger partial charge in [-0.25, -0.2) is 0 Å². The molecule has 1 N–H and O–H groups in total. The minimum absolute atomic E-state index is 0.109. The number of aromatic nitrogens is 2. The van der Waals surface area contributed by atoms with Crippen LogP contribution in [0.25, 0.3) is 11.0 Å². The maximum atomic E-state index is 12.7. The average Bonchev–Trinajstić information content (AvgIpc) is 3.06. The van der Waals surface area contributed by atoms with E-state index in [4.69, 9.17) is 0 Å². The molecule has 1 amide bonds. The van der Waals surface area contributed by atoms with E-state index in [1.807, 2.05) is 41.4 Å². The number of carbonyl (C=O) groups is 1. The van der Waals surface area contributed by atoms with E-state index in [2.05, 4.69) is 38.2 Å². The van der Waals surface area contributed by atoms with Crippen LogP contribution in [-0.2, 0) is 0 Å². The van der Waals surface area contributed by atoms with Gasteiger partial charge in [0, 0.05) is 30.0 Å². The Morgan fingerprint density at radius 3 is 2.75 bits per heavy atom. The number of carbonyl (C=O) groups excluding carboxylic acids is 1. The molecule has 1 saturated heterocycles. The summed E-state index contributed by atoms with van der Waals surface area (Å²) in [6.07, 6.45) is 5.86. The highest BCUT2D eigenvalue weighted by atomic mass is 79.9. The van der Waals surface area contributed by atoms with Crippen molar-refractivity contribution in [2.75, 3.05) is 13.1 Å². The SMILES string of the molecule is O=C(c1ccccc1Br)N1CCC(c2c[nH]c3cccnc23)CC1. The van der Waals surface area contributed by atoms with Gasteiger partial charge in [-0.1, -0.05) is 12.1 Å². The third-order valence-corrected chi connectivity index (χ3v) is 5.48. The average molecular weight is 384 g/mol. The molecule has 1 aliphatic heterocycles. The molecule has 0 aliphatic carbocycles. The predicted molar refractivity (Wildman–Crippen MR) is 98.1 cm³/mol. The maximum Gasteiger partial charge on any atom is 0.254 e. The lowest BCUT2D eigenvalue weighted by atomic mass is 9.90. The lowest BCUT2D eigenvalue weighted by molar-refractivity contribution is 0.0712. The van der Waals surface area contributed by atoms with E-state index in [9.17, 15) is 4.79 Å². The molecule has 4 rings (SSSR count). The molecule has 4 nitrogen and oxygen atoms in total. The summed E-state index contributed by atoms with van der Waals surface area (Å²) in [6, 6.07) is 11.6.